The summed E-state index contributed by atoms with van der Waals surface area (Å²) in [5, 5.41) is 12.8. The van der Waals surface area contributed by atoms with Gasteiger partial charge in [0.1, 0.15) is 5.75 Å². The molecule has 0 spiro atoms. The highest BCUT2D eigenvalue weighted by atomic mass is 35.5. The van der Waals surface area contributed by atoms with Gasteiger partial charge in [0.15, 0.2) is 6.61 Å². The van der Waals surface area contributed by atoms with Gasteiger partial charge in [0.05, 0.1) is 6.10 Å². The lowest BCUT2D eigenvalue weighted by atomic mass is 10.3. The molecule has 1 aromatic rings. The third-order valence-electron chi connectivity index (χ3n) is 2.29. The van der Waals surface area contributed by atoms with E-state index in [4.69, 9.17) is 16.3 Å². The maximum absolute atomic E-state index is 11.5. The van der Waals surface area contributed by atoms with Crippen LogP contribution in [0.2, 0.25) is 5.02 Å². The molecule has 0 aliphatic rings. The van der Waals surface area contributed by atoms with E-state index in [1.54, 1.807) is 24.3 Å². The predicted octanol–water partition coefficient (Wildman–Crippen LogP) is 0.757. The van der Waals surface area contributed by atoms with Gasteiger partial charge in [-0.1, -0.05) is 11.6 Å². The minimum absolute atomic E-state index is 0.0870. The van der Waals surface area contributed by atoms with Crippen molar-refractivity contribution in [3.05, 3.63) is 29.3 Å². The van der Waals surface area contributed by atoms with Crippen molar-refractivity contribution in [2.24, 2.45) is 0 Å². The van der Waals surface area contributed by atoms with Crippen LogP contribution < -0.4 is 10.1 Å². The van der Waals surface area contributed by atoms with Crippen LogP contribution in [0.15, 0.2) is 24.3 Å². The normalized spacial score (nSPS) is 12.3. The highest BCUT2D eigenvalue weighted by Crippen LogP contribution is 2.15. The average Bonchev–Trinajstić information content (AvgIpc) is 2.35. The molecule has 5 nitrogen and oxygen atoms in total. The zero-order valence-corrected chi connectivity index (χ0v) is 11.9. The summed E-state index contributed by atoms with van der Waals surface area (Å²) in [5.41, 5.74) is 0. The van der Waals surface area contributed by atoms with Gasteiger partial charge in [0.25, 0.3) is 5.91 Å². The number of aliphatic hydroxyl groups excluding tert-OH is 1. The predicted molar refractivity (Wildman–Crippen MR) is 74.5 cm³/mol. The van der Waals surface area contributed by atoms with Gasteiger partial charge in [-0.05, 0) is 38.4 Å². The lowest BCUT2D eigenvalue weighted by Gasteiger charge is -2.16. The van der Waals surface area contributed by atoms with Crippen LogP contribution in [0.25, 0.3) is 0 Å². The van der Waals surface area contributed by atoms with E-state index in [1.165, 1.54) is 0 Å². The van der Waals surface area contributed by atoms with Crippen molar-refractivity contribution in [2.75, 3.05) is 33.8 Å². The molecule has 19 heavy (non-hydrogen) atoms. The number of aliphatic hydroxyl groups is 1. The number of nitrogens with zero attached hydrogens (tertiary/aromatic N) is 1. The lowest BCUT2D eigenvalue weighted by molar-refractivity contribution is -0.123. The number of hydrogen-bond donors (Lipinski definition) is 2. The van der Waals surface area contributed by atoms with Gasteiger partial charge in [0, 0.05) is 18.1 Å². The van der Waals surface area contributed by atoms with Gasteiger partial charge in [-0.3, -0.25) is 4.79 Å². The molecule has 0 radical (unpaired) electrons. The standard InChI is InChI=1S/C13H19ClN2O3/c1-16(2)8-11(17)7-15-13(18)9-19-12-5-3-10(14)4-6-12/h3-6,11,17H,7-9H2,1-2H3,(H,15,18). The minimum Gasteiger partial charge on any atom is -0.484 e. The summed E-state index contributed by atoms with van der Waals surface area (Å²) >= 11 is 5.73. The number of likely N-dealkylation sites (N-methyl/N-ethyl adjacent to an activating group) is 1. The lowest BCUT2D eigenvalue weighted by Crippen LogP contribution is -2.39. The molecule has 0 saturated heterocycles. The molecule has 1 atom stereocenters. The van der Waals surface area contributed by atoms with Crippen molar-refractivity contribution in [3.63, 3.8) is 0 Å². The van der Waals surface area contributed by atoms with E-state index in [0.717, 1.165) is 0 Å². The Morgan fingerprint density at radius 3 is 2.63 bits per heavy atom. The first-order valence-electron chi connectivity index (χ1n) is 5.95. The van der Waals surface area contributed by atoms with Crippen molar-refractivity contribution < 1.29 is 14.6 Å². The summed E-state index contributed by atoms with van der Waals surface area (Å²) in [4.78, 5) is 13.3. The van der Waals surface area contributed by atoms with Crippen LogP contribution in [0.1, 0.15) is 0 Å². The zero-order chi connectivity index (χ0) is 14.3. The maximum atomic E-state index is 11.5. The molecule has 2 N–H and O–H groups in total. The molecule has 1 amide bonds. The smallest absolute Gasteiger partial charge is 0.258 e. The highest BCUT2D eigenvalue weighted by molar-refractivity contribution is 6.30. The number of carbonyl (C=O) groups excluding carboxylic acids is 1. The SMILES string of the molecule is CN(C)CC(O)CNC(=O)COc1ccc(Cl)cc1. The molecule has 106 valence electrons. The van der Waals surface area contributed by atoms with Crippen LogP contribution in [0, 0.1) is 0 Å². The number of ether oxygens (including phenoxy) is 1. The number of carbonyl (C=O) groups is 1. The van der Waals surface area contributed by atoms with Crippen LogP contribution >= 0.6 is 11.6 Å². The highest BCUT2D eigenvalue weighted by Gasteiger charge is 2.08. The van der Waals surface area contributed by atoms with Crippen molar-refractivity contribution >= 4 is 17.5 Å². The van der Waals surface area contributed by atoms with Crippen LogP contribution in [-0.2, 0) is 4.79 Å². The zero-order valence-electron chi connectivity index (χ0n) is 11.1. The third kappa shape index (κ3) is 7.00. The molecule has 0 aromatic heterocycles. The van der Waals surface area contributed by atoms with E-state index in [9.17, 15) is 9.90 Å². The third-order valence-corrected chi connectivity index (χ3v) is 2.55. The van der Waals surface area contributed by atoms with Gasteiger partial charge < -0.3 is 20.1 Å². The number of benzene rings is 1. The monoisotopic (exact) mass is 286 g/mol. The molecule has 0 heterocycles. The van der Waals surface area contributed by atoms with E-state index >= 15 is 0 Å². The van der Waals surface area contributed by atoms with E-state index in [-0.39, 0.29) is 19.1 Å². The summed E-state index contributed by atoms with van der Waals surface area (Å²) in [6, 6.07) is 6.76. The molecule has 1 unspecified atom stereocenters. The van der Waals surface area contributed by atoms with E-state index in [2.05, 4.69) is 5.32 Å². The Morgan fingerprint density at radius 1 is 1.42 bits per heavy atom. The van der Waals surface area contributed by atoms with Gasteiger partial charge in [-0.2, -0.15) is 0 Å². The summed E-state index contributed by atoms with van der Waals surface area (Å²) in [6.45, 7) is 0.621. The average molecular weight is 287 g/mol. The number of rotatable bonds is 7. The van der Waals surface area contributed by atoms with Crippen molar-refractivity contribution in [1.29, 1.82) is 0 Å². The Labute approximate surface area is 118 Å². The topological polar surface area (TPSA) is 61.8 Å². The molecule has 0 fully saturated rings. The molecule has 6 heteroatoms. The second-order valence-corrected chi connectivity index (χ2v) is 4.90. The summed E-state index contributed by atoms with van der Waals surface area (Å²) < 4.78 is 5.27. The van der Waals surface area contributed by atoms with Crippen LogP contribution in [-0.4, -0.2) is 55.8 Å². The quantitative estimate of drug-likeness (QED) is 0.777. The van der Waals surface area contributed by atoms with Gasteiger partial charge in [0.2, 0.25) is 0 Å². The molecule has 0 aliphatic heterocycles. The Bertz CT molecular complexity index is 395. The van der Waals surface area contributed by atoms with E-state index in [0.29, 0.717) is 17.3 Å². The first kappa shape index (κ1) is 15.8. The molecule has 0 bridgehead atoms. The Balaban J connectivity index is 2.22. The van der Waals surface area contributed by atoms with Crippen LogP contribution in [0.5, 0.6) is 5.75 Å². The Morgan fingerprint density at radius 2 is 2.05 bits per heavy atom. The van der Waals surface area contributed by atoms with Gasteiger partial charge in [-0.15, -0.1) is 0 Å². The molecule has 1 aromatic carbocycles. The molecular formula is C13H19ClN2O3. The number of nitrogens with one attached hydrogen (secondary N) is 1. The van der Waals surface area contributed by atoms with Gasteiger partial charge in [-0.25, -0.2) is 0 Å². The summed E-state index contributed by atoms with van der Waals surface area (Å²) in [5.74, 6) is 0.307. The largest absolute Gasteiger partial charge is 0.484 e. The maximum Gasteiger partial charge on any atom is 0.258 e. The second kappa shape index (κ2) is 7.99. The summed E-state index contributed by atoms with van der Waals surface area (Å²) in [6.07, 6.45) is -0.588. The van der Waals surface area contributed by atoms with Crippen LogP contribution in [0.3, 0.4) is 0 Å². The molecule has 0 saturated carbocycles. The first-order valence-corrected chi connectivity index (χ1v) is 6.33. The Hall–Kier alpha value is -1.30. The van der Waals surface area contributed by atoms with Crippen molar-refractivity contribution in [2.45, 2.75) is 6.10 Å². The number of hydrogen-bond acceptors (Lipinski definition) is 4. The fraction of sp³-hybridized carbons (Fsp3) is 0.462. The fourth-order valence-corrected chi connectivity index (χ4v) is 1.57. The van der Waals surface area contributed by atoms with Crippen LogP contribution in [0.4, 0.5) is 0 Å². The molecular weight excluding hydrogens is 268 g/mol. The first-order chi connectivity index (χ1) is 8.97. The van der Waals surface area contributed by atoms with E-state index in [1.807, 2.05) is 19.0 Å². The number of halogens is 1. The second-order valence-electron chi connectivity index (χ2n) is 4.46. The summed E-state index contributed by atoms with van der Waals surface area (Å²) in [7, 11) is 3.71. The van der Waals surface area contributed by atoms with Crippen molar-refractivity contribution in [1.82, 2.24) is 10.2 Å². The number of amides is 1. The fourth-order valence-electron chi connectivity index (χ4n) is 1.45. The van der Waals surface area contributed by atoms with Gasteiger partial charge >= 0.3 is 0 Å². The Kier molecular flexibility index (Phi) is 6.62. The molecule has 1 rings (SSSR count). The van der Waals surface area contributed by atoms with E-state index < -0.39 is 6.10 Å². The molecule has 0 aliphatic carbocycles. The van der Waals surface area contributed by atoms with Crippen molar-refractivity contribution in [3.8, 4) is 5.75 Å². The minimum atomic E-state index is -0.588.